The molecule has 0 spiro atoms. The highest BCUT2D eigenvalue weighted by atomic mass is 16.4. The van der Waals surface area contributed by atoms with Crippen LogP contribution in [0.1, 0.15) is 5.56 Å². The quantitative estimate of drug-likeness (QED) is 0.611. The minimum absolute atomic E-state index is 0.115. The number of hydrogen-bond donors (Lipinski definition) is 2. The molecule has 100 valence electrons. The Kier molecular flexibility index (Phi) is 3.13. The SMILES string of the molecule is O=c1c2ccnn2ccn1Cc1ccc(B(O)O)cc1. The fraction of sp³-hybridized carbons (Fsp3) is 0.0769. The number of hydrogen-bond acceptors (Lipinski definition) is 4. The minimum atomic E-state index is -1.48. The van der Waals surface area contributed by atoms with E-state index < -0.39 is 7.12 Å². The van der Waals surface area contributed by atoms with Gasteiger partial charge < -0.3 is 14.6 Å². The highest BCUT2D eigenvalue weighted by molar-refractivity contribution is 6.58. The van der Waals surface area contributed by atoms with Crippen LogP contribution in [-0.2, 0) is 6.54 Å². The third-order valence-electron chi connectivity index (χ3n) is 3.17. The molecule has 0 aliphatic rings. The highest BCUT2D eigenvalue weighted by Gasteiger charge is 2.10. The van der Waals surface area contributed by atoms with E-state index in [4.69, 9.17) is 10.0 Å². The second-order valence-corrected chi connectivity index (χ2v) is 4.51. The highest BCUT2D eigenvalue weighted by Crippen LogP contribution is 2.01. The summed E-state index contributed by atoms with van der Waals surface area (Å²) < 4.78 is 3.12. The summed E-state index contributed by atoms with van der Waals surface area (Å²) in [5, 5.41) is 22.1. The molecule has 2 N–H and O–H groups in total. The zero-order valence-electron chi connectivity index (χ0n) is 10.5. The second-order valence-electron chi connectivity index (χ2n) is 4.51. The van der Waals surface area contributed by atoms with E-state index in [1.165, 1.54) is 4.52 Å². The van der Waals surface area contributed by atoms with Crippen molar-refractivity contribution in [1.29, 1.82) is 0 Å². The van der Waals surface area contributed by atoms with Crippen LogP contribution >= 0.6 is 0 Å². The summed E-state index contributed by atoms with van der Waals surface area (Å²) in [6.45, 7) is 0.419. The monoisotopic (exact) mass is 269 g/mol. The van der Waals surface area contributed by atoms with E-state index in [-0.39, 0.29) is 5.56 Å². The molecule has 0 amide bonds. The summed E-state index contributed by atoms with van der Waals surface area (Å²) in [6.07, 6.45) is 4.98. The van der Waals surface area contributed by atoms with Crippen molar-refractivity contribution in [3.63, 3.8) is 0 Å². The predicted molar refractivity (Wildman–Crippen MR) is 74.8 cm³/mol. The third-order valence-corrected chi connectivity index (χ3v) is 3.17. The average Bonchev–Trinajstić information content (AvgIpc) is 2.92. The van der Waals surface area contributed by atoms with Crippen molar-refractivity contribution in [3.8, 4) is 0 Å². The molecule has 0 aliphatic carbocycles. The molecular weight excluding hydrogens is 257 g/mol. The zero-order valence-corrected chi connectivity index (χ0v) is 10.5. The summed E-state index contributed by atoms with van der Waals surface area (Å²) in [7, 11) is -1.48. The molecule has 3 aromatic rings. The van der Waals surface area contributed by atoms with Gasteiger partial charge >= 0.3 is 7.12 Å². The van der Waals surface area contributed by atoms with E-state index in [0.29, 0.717) is 17.5 Å². The van der Waals surface area contributed by atoms with Gasteiger partial charge in [-0.15, -0.1) is 0 Å². The molecule has 0 bridgehead atoms. The summed E-state index contributed by atoms with van der Waals surface area (Å²) in [4.78, 5) is 12.2. The molecule has 0 unspecified atom stereocenters. The maximum Gasteiger partial charge on any atom is 0.488 e. The van der Waals surface area contributed by atoms with Gasteiger partial charge in [0.2, 0.25) is 0 Å². The van der Waals surface area contributed by atoms with Crippen LogP contribution in [0.5, 0.6) is 0 Å². The van der Waals surface area contributed by atoms with E-state index in [9.17, 15) is 4.79 Å². The number of benzene rings is 1. The van der Waals surface area contributed by atoms with Crippen molar-refractivity contribution in [2.24, 2.45) is 0 Å². The molecule has 1 aromatic carbocycles. The van der Waals surface area contributed by atoms with Crippen LogP contribution in [-0.4, -0.2) is 31.3 Å². The molecule has 0 saturated heterocycles. The van der Waals surface area contributed by atoms with Gasteiger partial charge in [-0.2, -0.15) is 5.10 Å². The van der Waals surface area contributed by atoms with Gasteiger partial charge in [0.25, 0.3) is 5.56 Å². The Morgan fingerprint density at radius 1 is 1.10 bits per heavy atom. The maximum absolute atomic E-state index is 12.2. The molecule has 0 aliphatic heterocycles. The Morgan fingerprint density at radius 3 is 2.55 bits per heavy atom. The first-order valence-electron chi connectivity index (χ1n) is 6.13. The van der Waals surface area contributed by atoms with Crippen LogP contribution in [0.15, 0.2) is 53.7 Å². The summed E-state index contributed by atoms with van der Waals surface area (Å²) in [5.41, 5.74) is 1.74. The molecule has 6 nitrogen and oxygen atoms in total. The Balaban J connectivity index is 1.92. The van der Waals surface area contributed by atoms with Crippen LogP contribution in [0.4, 0.5) is 0 Å². The average molecular weight is 269 g/mol. The molecule has 20 heavy (non-hydrogen) atoms. The van der Waals surface area contributed by atoms with Gasteiger partial charge in [-0.1, -0.05) is 24.3 Å². The molecule has 2 heterocycles. The third kappa shape index (κ3) is 2.24. The maximum atomic E-state index is 12.2. The fourth-order valence-electron chi connectivity index (χ4n) is 2.08. The largest absolute Gasteiger partial charge is 0.488 e. The van der Waals surface area contributed by atoms with Crippen molar-refractivity contribution in [3.05, 3.63) is 64.8 Å². The number of nitrogens with zero attached hydrogens (tertiary/aromatic N) is 3. The minimum Gasteiger partial charge on any atom is -0.423 e. The molecule has 0 atom stereocenters. The van der Waals surface area contributed by atoms with Crippen molar-refractivity contribution < 1.29 is 10.0 Å². The fourth-order valence-corrected chi connectivity index (χ4v) is 2.08. The van der Waals surface area contributed by atoms with Gasteiger partial charge in [-0.3, -0.25) is 4.79 Å². The smallest absolute Gasteiger partial charge is 0.423 e. The van der Waals surface area contributed by atoms with Gasteiger partial charge in [-0.05, 0) is 17.1 Å². The van der Waals surface area contributed by atoms with Gasteiger partial charge in [0, 0.05) is 12.4 Å². The van der Waals surface area contributed by atoms with Crippen LogP contribution < -0.4 is 11.0 Å². The Morgan fingerprint density at radius 2 is 1.85 bits per heavy atom. The first-order chi connectivity index (χ1) is 9.65. The summed E-state index contributed by atoms with van der Waals surface area (Å²) in [6, 6.07) is 8.46. The van der Waals surface area contributed by atoms with Gasteiger partial charge in [0.1, 0.15) is 5.52 Å². The first-order valence-corrected chi connectivity index (χ1v) is 6.13. The topological polar surface area (TPSA) is 79.8 Å². The summed E-state index contributed by atoms with van der Waals surface area (Å²) >= 11 is 0. The van der Waals surface area contributed by atoms with E-state index in [0.717, 1.165) is 5.56 Å². The van der Waals surface area contributed by atoms with E-state index in [1.54, 1.807) is 53.5 Å². The van der Waals surface area contributed by atoms with Crippen LogP contribution in [0.2, 0.25) is 0 Å². The molecule has 3 rings (SSSR count). The Bertz CT molecular complexity index is 792. The lowest BCUT2D eigenvalue weighted by atomic mass is 9.80. The normalized spacial score (nSPS) is 10.9. The molecule has 0 saturated carbocycles. The van der Waals surface area contributed by atoms with Crippen LogP contribution in [0, 0.1) is 0 Å². The van der Waals surface area contributed by atoms with Gasteiger partial charge in [0.05, 0.1) is 12.7 Å². The van der Waals surface area contributed by atoms with Crippen molar-refractivity contribution >= 4 is 18.1 Å². The lowest BCUT2D eigenvalue weighted by Crippen LogP contribution is -2.29. The van der Waals surface area contributed by atoms with Crippen LogP contribution in [0.3, 0.4) is 0 Å². The van der Waals surface area contributed by atoms with Gasteiger partial charge in [0.15, 0.2) is 0 Å². The Labute approximate surface area is 114 Å². The standard InChI is InChI=1S/C13H12BN3O3/c18-13-12-5-6-15-17(12)8-7-16(13)9-10-1-3-11(4-2-10)14(19)20/h1-8,19-20H,9H2. The van der Waals surface area contributed by atoms with Gasteiger partial charge in [-0.25, -0.2) is 4.52 Å². The lowest BCUT2D eigenvalue weighted by Gasteiger charge is -2.07. The molecule has 7 heteroatoms. The number of aromatic nitrogens is 3. The number of rotatable bonds is 3. The van der Waals surface area contributed by atoms with Crippen LogP contribution in [0.25, 0.3) is 5.52 Å². The molecule has 0 radical (unpaired) electrons. The molecule has 0 fully saturated rings. The molecule has 2 aromatic heterocycles. The molecular formula is C13H12BN3O3. The lowest BCUT2D eigenvalue weighted by molar-refractivity contribution is 0.426. The van der Waals surface area contributed by atoms with Crippen molar-refractivity contribution in [2.75, 3.05) is 0 Å². The van der Waals surface area contributed by atoms with Crippen molar-refractivity contribution in [2.45, 2.75) is 6.54 Å². The van der Waals surface area contributed by atoms with E-state index >= 15 is 0 Å². The zero-order chi connectivity index (χ0) is 14.1. The predicted octanol–water partition coefficient (Wildman–Crippen LogP) is -0.776. The first kappa shape index (κ1) is 12.6. The van der Waals surface area contributed by atoms with E-state index in [2.05, 4.69) is 5.10 Å². The van der Waals surface area contributed by atoms with E-state index in [1.807, 2.05) is 0 Å². The summed E-state index contributed by atoms with van der Waals surface area (Å²) in [5.74, 6) is 0. The van der Waals surface area contributed by atoms with Crippen molar-refractivity contribution in [1.82, 2.24) is 14.2 Å². The second kappa shape index (κ2) is 4.95. The Hall–Kier alpha value is -2.38. The number of fused-ring (bicyclic) bond motifs is 1.